The molecule has 0 spiro atoms. The highest BCUT2D eigenvalue weighted by Gasteiger charge is 2.18. The lowest BCUT2D eigenvalue weighted by atomic mass is 10.1. The van der Waals surface area contributed by atoms with Crippen LogP contribution in [0.4, 0.5) is 4.39 Å². The minimum Gasteiger partial charge on any atom is -0.326 e. The number of sulfonamides is 1. The SMILES string of the molecule is Cc1cccc(CNS(=O)(=O)c2ccc(CN)cc2F)c1. The lowest BCUT2D eigenvalue weighted by molar-refractivity contribution is 0.556. The highest BCUT2D eigenvalue weighted by molar-refractivity contribution is 7.89. The van der Waals surface area contributed by atoms with Crippen LogP contribution in [-0.2, 0) is 23.1 Å². The van der Waals surface area contributed by atoms with Crippen LogP contribution in [0.15, 0.2) is 47.4 Å². The molecular weight excluding hydrogens is 291 g/mol. The zero-order valence-electron chi connectivity index (χ0n) is 11.6. The van der Waals surface area contributed by atoms with Crippen LogP contribution in [0.1, 0.15) is 16.7 Å². The standard InChI is InChI=1S/C15H17FN2O2S/c1-11-3-2-4-13(7-11)10-18-21(19,20)15-6-5-12(9-17)8-14(15)16/h2-8,18H,9-10,17H2,1H3. The molecule has 21 heavy (non-hydrogen) atoms. The highest BCUT2D eigenvalue weighted by Crippen LogP contribution is 2.16. The number of aryl methyl sites for hydroxylation is 1. The van der Waals surface area contributed by atoms with Gasteiger partial charge < -0.3 is 5.73 Å². The summed E-state index contributed by atoms with van der Waals surface area (Å²) in [6.07, 6.45) is 0. The number of hydrogen-bond acceptors (Lipinski definition) is 3. The minimum atomic E-state index is -3.89. The Morgan fingerprint density at radius 1 is 1.14 bits per heavy atom. The van der Waals surface area contributed by atoms with Gasteiger partial charge in [0, 0.05) is 13.1 Å². The van der Waals surface area contributed by atoms with Crippen LogP contribution in [0.25, 0.3) is 0 Å². The van der Waals surface area contributed by atoms with Gasteiger partial charge in [-0.25, -0.2) is 17.5 Å². The molecule has 0 saturated heterocycles. The van der Waals surface area contributed by atoms with Crippen molar-refractivity contribution in [2.24, 2.45) is 5.73 Å². The van der Waals surface area contributed by atoms with Crippen molar-refractivity contribution in [2.45, 2.75) is 24.9 Å². The molecule has 0 heterocycles. The van der Waals surface area contributed by atoms with Crippen molar-refractivity contribution in [3.8, 4) is 0 Å². The van der Waals surface area contributed by atoms with Gasteiger partial charge in [-0.1, -0.05) is 35.9 Å². The van der Waals surface area contributed by atoms with Gasteiger partial charge in [-0.2, -0.15) is 0 Å². The number of halogens is 1. The first kappa shape index (κ1) is 15.6. The van der Waals surface area contributed by atoms with E-state index in [1.165, 1.54) is 12.1 Å². The Bertz CT molecular complexity index is 745. The second-order valence-corrected chi connectivity index (χ2v) is 6.52. The van der Waals surface area contributed by atoms with Gasteiger partial charge in [0.25, 0.3) is 0 Å². The molecule has 0 aliphatic heterocycles. The van der Waals surface area contributed by atoms with E-state index in [-0.39, 0.29) is 18.0 Å². The second kappa shape index (κ2) is 6.34. The van der Waals surface area contributed by atoms with Gasteiger partial charge in [0.05, 0.1) is 0 Å². The van der Waals surface area contributed by atoms with Crippen LogP contribution >= 0.6 is 0 Å². The van der Waals surface area contributed by atoms with Crippen molar-refractivity contribution in [1.29, 1.82) is 0 Å². The number of hydrogen-bond donors (Lipinski definition) is 2. The molecule has 2 aromatic rings. The first-order chi connectivity index (χ1) is 9.92. The van der Waals surface area contributed by atoms with Gasteiger partial charge in [-0.05, 0) is 30.2 Å². The molecule has 0 bridgehead atoms. The van der Waals surface area contributed by atoms with Gasteiger partial charge in [-0.3, -0.25) is 0 Å². The van der Waals surface area contributed by atoms with Gasteiger partial charge in [-0.15, -0.1) is 0 Å². The quantitative estimate of drug-likeness (QED) is 0.888. The average molecular weight is 308 g/mol. The molecule has 0 radical (unpaired) electrons. The summed E-state index contributed by atoms with van der Waals surface area (Å²) >= 11 is 0. The minimum absolute atomic E-state index is 0.113. The summed E-state index contributed by atoms with van der Waals surface area (Å²) in [5, 5.41) is 0. The Hall–Kier alpha value is -1.76. The molecule has 0 aliphatic carbocycles. The van der Waals surface area contributed by atoms with E-state index in [1.54, 1.807) is 0 Å². The van der Waals surface area contributed by atoms with Crippen LogP contribution in [-0.4, -0.2) is 8.42 Å². The molecule has 0 unspecified atom stereocenters. The third-order valence-corrected chi connectivity index (χ3v) is 4.50. The zero-order chi connectivity index (χ0) is 15.5. The maximum atomic E-state index is 13.8. The molecule has 2 aromatic carbocycles. The zero-order valence-corrected chi connectivity index (χ0v) is 12.5. The molecule has 0 aromatic heterocycles. The maximum Gasteiger partial charge on any atom is 0.243 e. The molecule has 4 nitrogen and oxygen atoms in total. The average Bonchev–Trinajstić information content (AvgIpc) is 2.45. The smallest absolute Gasteiger partial charge is 0.243 e. The molecule has 6 heteroatoms. The molecule has 0 amide bonds. The molecular formula is C15H17FN2O2S. The lowest BCUT2D eigenvalue weighted by Crippen LogP contribution is -2.24. The van der Waals surface area contributed by atoms with Crippen molar-refractivity contribution < 1.29 is 12.8 Å². The Balaban J connectivity index is 2.19. The van der Waals surface area contributed by atoms with E-state index >= 15 is 0 Å². The lowest BCUT2D eigenvalue weighted by Gasteiger charge is -2.09. The third-order valence-electron chi connectivity index (χ3n) is 3.07. The molecule has 3 N–H and O–H groups in total. The van der Waals surface area contributed by atoms with Crippen LogP contribution in [0.2, 0.25) is 0 Å². The van der Waals surface area contributed by atoms with Gasteiger partial charge in [0.1, 0.15) is 10.7 Å². The Labute approximate surface area is 123 Å². The number of nitrogens with one attached hydrogen (secondary N) is 1. The molecule has 0 atom stereocenters. The Kier molecular flexibility index (Phi) is 4.72. The van der Waals surface area contributed by atoms with Crippen LogP contribution < -0.4 is 10.5 Å². The van der Waals surface area contributed by atoms with Gasteiger partial charge in [0.15, 0.2) is 0 Å². The largest absolute Gasteiger partial charge is 0.326 e. The second-order valence-electron chi connectivity index (χ2n) is 4.78. The van der Waals surface area contributed by atoms with Gasteiger partial charge >= 0.3 is 0 Å². The van der Waals surface area contributed by atoms with Crippen molar-refractivity contribution in [1.82, 2.24) is 4.72 Å². The molecule has 0 saturated carbocycles. The van der Waals surface area contributed by atoms with E-state index in [0.29, 0.717) is 5.56 Å². The van der Waals surface area contributed by atoms with E-state index < -0.39 is 15.8 Å². The van der Waals surface area contributed by atoms with Crippen molar-refractivity contribution in [3.63, 3.8) is 0 Å². The molecule has 0 fully saturated rings. The molecule has 112 valence electrons. The summed E-state index contributed by atoms with van der Waals surface area (Å²) in [6.45, 7) is 2.19. The molecule has 2 rings (SSSR count). The first-order valence-electron chi connectivity index (χ1n) is 6.46. The maximum absolute atomic E-state index is 13.8. The predicted octanol–water partition coefficient (Wildman–Crippen LogP) is 2.07. The summed E-state index contributed by atoms with van der Waals surface area (Å²) in [4.78, 5) is -0.368. The van der Waals surface area contributed by atoms with Crippen LogP contribution in [0, 0.1) is 12.7 Å². The van der Waals surface area contributed by atoms with E-state index in [2.05, 4.69) is 4.72 Å². The summed E-state index contributed by atoms with van der Waals surface area (Å²) in [7, 11) is -3.89. The third kappa shape index (κ3) is 3.87. The van der Waals surface area contributed by atoms with Crippen LogP contribution in [0.3, 0.4) is 0 Å². The fraction of sp³-hybridized carbons (Fsp3) is 0.200. The summed E-state index contributed by atoms with van der Waals surface area (Å²) in [5.41, 5.74) is 7.79. The highest BCUT2D eigenvalue weighted by atomic mass is 32.2. The van der Waals surface area contributed by atoms with E-state index in [4.69, 9.17) is 5.73 Å². The number of benzene rings is 2. The Morgan fingerprint density at radius 3 is 2.52 bits per heavy atom. The van der Waals surface area contributed by atoms with E-state index in [9.17, 15) is 12.8 Å². The topological polar surface area (TPSA) is 72.2 Å². The molecule has 0 aliphatic rings. The van der Waals surface area contributed by atoms with Crippen molar-refractivity contribution in [3.05, 3.63) is 65.0 Å². The first-order valence-corrected chi connectivity index (χ1v) is 7.94. The summed E-state index contributed by atoms with van der Waals surface area (Å²) in [6, 6.07) is 11.3. The van der Waals surface area contributed by atoms with Crippen molar-refractivity contribution >= 4 is 10.0 Å². The fourth-order valence-electron chi connectivity index (χ4n) is 1.97. The normalized spacial score (nSPS) is 11.6. The fourth-order valence-corrected chi connectivity index (χ4v) is 3.04. The van der Waals surface area contributed by atoms with Gasteiger partial charge in [0.2, 0.25) is 10.0 Å². The van der Waals surface area contributed by atoms with E-state index in [0.717, 1.165) is 17.2 Å². The van der Waals surface area contributed by atoms with E-state index in [1.807, 2.05) is 31.2 Å². The van der Waals surface area contributed by atoms with Crippen molar-refractivity contribution in [2.75, 3.05) is 0 Å². The summed E-state index contributed by atoms with van der Waals surface area (Å²) in [5.74, 6) is -0.797. The number of rotatable bonds is 5. The predicted molar refractivity (Wildman–Crippen MR) is 79.5 cm³/mol. The Morgan fingerprint density at radius 2 is 1.90 bits per heavy atom. The van der Waals surface area contributed by atoms with Crippen LogP contribution in [0.5, 0.6) is 0 Å². The monoisotopic (exact) mass is 308 g/mol. The summed E-state index contributed by atoms with van der Waals surface area (Å²) < 4.78 is 40.5. The number of nitrogens with two attached hydrogens (primary N) is 1.